The normalized spacial score (nSPS) is 23.9. The first-order valence-corrected chi connectivity index (χ1v) is 10.0. The molecule has 0 radical (unpaired) electrons. The lowest BCUT2D eigenvalue weighted by molar-refractivity contribution is 0.00791. The molecule has 0 unspecified atom stereocenters. The second-order valence-corrected chi connectivity index (χ2v) is 7.53. The molecule has 0 amide bonds. The first-order valence-electron chi connectivity index (χ1n) is 10.0. The maximum Gasteiger partial charge on any atom is 0.137 e. The van der Waals surface area contributed by atoms with Crippen LogP contribution in [0.25, 0.3) is 10.9 Å². The first kappa shape index (κ1) is 18.8. The zero-order valence-electron chi connectivity index (χ0n) is 16.1. The molecule has 0 atom stereocenters. The van der Waals surface area contributed by atoms with Crippen LogP contribution in [0.2, 0.25) is 0 Å². The Morgan fingerprint density at radius 1 is 1.18 bits per heavy atom. The highest BCUT2D eigenvalue weighted by Crippen LogP contribution is 2.28. The number of hydrogen-bond acceptors (Lipinski definition) is 7. The third-order valence-corrected chi connectivity index (χ3v) is 5.81. The van der Waals surface area contributed by atoms with Crippen molar-refractivity contribution in [1.29, 1.82) is 5.41 Å². The van der Waals surface area contributed by atoms with Crippen LogP contribution in [0.4, 0.5) is 5.82 Å². The van der Waals surface area contributed by atoms with E-state index in [2.05, 4.69) is 20.2 Å². The summed E-state index contributed by atoms with van der Waals surface area (Å²) in [6.07, 6.45) is 9.27. The number of allylic oxidation sites excluding steroid dienone is 1. The van der Waals surface area contributed by atoms with Gasteiger partial charge in [0.1, 0.15) is 12.1 Å². The monoisotopic (exact) mass is 380 g/mol. The van der Waals surface area contributed by atoms with Gasteiger partial charge in [-0.3, -0.25) is 4.90 Å². The van der Waals surface area contributed by atoms with E-state index in [-0.39, 0.29) is 0 Å². The van der Waals surface area contributed by atoms with Crippen molar-refractivity contribution in [2.24, 2.45) is 5.73 Å². The Bertz CT molecular complexity index is 853. The number of aromatic nitrogens is 2. The highest BCUT2D eigenvalue weighted by Gasteiger charge is 2.27. The summed E-state index contributed by atoms with van der Waals surface area (Å²) >= 11 is 0. The number of fused-ring (bicyclic) bond motifs is 1. The quantitative estimate of drug-likeness (QED) is 0.689. The summed E-state index contributed by atoms with van der Waals surface area (Å²) in [7, 11) is 0. The van der Waals surface area contributed by atoms with Gasteiger partial charge >= 0.3 is 0 Å². The molecule has 2 aliphatic rings. The second kappa shape index (κ2) is 8.67. The summed E-state index contributed by atoms with van der Waals surface area (Å²) in [6, 6.07) is 6.90. The predicted molar refractivity (Wildman–Crippen MR) is 112 cm³/mol. The average molecular weight is 380 g/mol. The second-order valence-electron chi connectivity index (χ2n) is 7.53. The standard InChI is InChI=1S/C21H28N6O/c22-8-7-19(23)15-1-6-20-18(13-15)21(25-14-24-20)26-16-2-4-17(5-3-16)27-9-11-28-12-10-27/h1,6-8,13-14,16-17,23H,2-5,9-12,22H2,(H,24,25,26)/b8-7-,23-19?. The van der Waals surface area contributed by atoms with Gasteiger partial charge in [0.05, 0.1) is 24.4 Å². The molecule has 1 saturated carbocycles. The predicted octanol–water partition coefficient (Wildman–Crippen LogP) is 2.53. The Kier molecular flexibility index (Phi) is 5.83. The number of hydrogen-bond donors (Lipinski definition) is 3. The van der Waals surface area contributed by atoms with Crippen molar-refractivity contribution in [2.75, 3.05) is 31.6 Å². The van der Waals surface area contributed by atoms with Gasteiger partial charge in [-0.15, -0.1) is 0 Å². The zero-order valence-corrected chi connectivity index (χ0v) is 16.1. The number of nitrogens with two attached hydrogens (primary N) is 1. The number of benzene rings is 1. The summed E-state index contributed by atoms with van der Waals surface area (Å²) in [5.41, 5.74) is 7.50. The van der Waals surface area contributed by atoms with E-state index in [1.807, 2.05) is 18.2 Å². The van der Waals surface area contributed by atoms with Crippen LogP contribution in [0, 0.1) is 5.41 Å². The Morgan fingerprint density at radius 3 is 2.71 bits per heavy atom. The minimum atomic E-state index is 0.380. The van der Waals surface area contributed by atoms with E-state index in [1.54, 1.807) is 12.4 Å². The molecule has 7 heteroatoms. The molecule has 4 N–H and O–H groups in total. The molecule has 1 aliphatic heterocycles. The van der Waals surface area contributed by atoms with Gasteiger partial charge in [0.2, 0.25) is 0 Å². The number of anilines is 1. The van der Waals surface area contributed by atoms with Gasteiger partial charge in [0.25, 0.3) is 0 Å². The van der Waals surface area contributed by atoms with E-state index in [4.69, 9.17) is 15.9 Å². The molecule has 4 rings (SSSR count). The summed E-state index contributed by atoms with van der Waals surface area (Å²) in [5, 5.41) is 12.7. The van der Waals surface area contributed by atoms with E-state index >= 15 is 0 Å². The fraction of sp³-hybridized carbons (Fsp3) is 0.476. The highest BCUT2D eigenvalue weighted by molar-refractivity contribution is 6.09. The van der Waals surface area contributed by atoms with Crippen LogP contribution in [0.15, 0.2) is 36.8 Å². The molecule has 2 heterocycles. The van der Waals surface area contributed by atoms with Crippen molar-refractivity contribution in [3.05, 3.63) is 42.4 Å². The lowest BCUT2D eigenvalue weighted by Crippen LogP contribution is -2.46. The van der Waals surface area contributed by atoms with Crippen molar-refractivity contribution in [1.82, 2.24) is 14.9 Å². The highest BCUT2D eigenvalue weighted by atomic mass is 16.5. The molecule has 2 fully saturated rings. The van der Waals surface area contributed by atoms with Crippen LogP contribution in [-0.4, -0.2) is 59.0 Å². The molecule has 148 valence electrons. The zero-order chi connectivity index (χ0) is 19.3. The van der Waals surface area contributed by atoms with Crippen molar-refractivity contribution >= 4 is 22.4 Å². The largest absolute Gasteiger partial charge is 0.405 e. The molecule has 1 aliphatic carbocycles. The maximum atomic E-state index is 8.11. The van der Waals surface area contributed by atoms with Gasteiger partial charge in [0, 0.05) is 36.1 Å². The van der Waals surface area contributed by atoms with Crippen LogP contribution < -0.4 is 11.1 Å². The molecule has 0 spiro atoms. The fourth-order valence-electron chi connectivity index (χ4n) is 4.25. The van der Waals surface area contributed by atoms with Crippen molar-refractivity contribution in [3.8, 4) is 0 Å². The van der Waals surface area contributed by atoms with Gasteiger partial charge in [0.15, 0.2) is 0 Å². The lowest BCUT2D eigenvalue weighted by Gasteiger charge is -2.39. The minimum Gasteiger partial charge on any atom is -0.405 e. The van der Waals surface area contributed by atoms with E-state index in [9.17, 15) is 0 Å². The van der Waals surface area contributed by atoms with Crippen LogP contribution >= 0.6 is 0 Å². The summed E-state index contributed by atoms with van der Waals surface area (Å²) in [6.45, 7) is 3.85. The molecular weight excluding hydrogens is 352 g/mol. The van der Waals surface area contributed by atoms with Gasteiger partial charge in [-0.2, -0.15) is 0 Å². The summed E-state index contributed by atoms with van der Waals surface area (Å²) in [4.78, 5) is 11.5. The van der Waals surface area contributed by atoms with Gasteiger partial charge in [-0.1, -0.05) is 6.07 Å². The molecule has 1 aromatic heterocycles. The van der Waals surface area contributed by atoms with Gasteiger partial charge in [-0.25, -0.2) is 9.97 Å². The minimum absolute atomic E-state index is 0.380. The lowest BCUT2D eigenvalue weighted by atomic mass is 9.90. The number of rotatable bonds is 5. The van der Waals surface area contributed by atoms with Crippen LogP contribution in [0.3, 0.4) is 0 Å². The summed E-state index contributed by atoms with van der Waals surface area (Å²) in [5.74, 6) is 0.853. The Morgan fingerprint density at radius 2 is 1.96 bits per heavy atom. The molecule has 28 heavy (non-hydrogen) atoms. The molecule has 1 saturated heterocycles. The molecular formula is C21H28N6O. The molecule has 7 nitrogen and oxygen atoms in total. The number of nitrogens with zero attached hydrogens (tertiary/aromatic N) is 3. The van der Waals surface area contributed by atoms with Crippen molar-refractivity contribution in [3.63, 3.8) is 0 Å². The molecule has 0 bridgehead atoms. The third kappa shape index (κ3) is 4.15. The van der Waals surface area contributed by atoms with E-state index in [0.717, 1.165) is 61.4 Å². The number of ether oxygens (including phenoxy) is 1. The van der Waals surface area contributed by atoms with E-state index in [0.29, 0.717) is 17.8 Å². The van der Waals surface area contributed by atoms with Crippen molar-refractivity contribution in [2.45, 2.75) is 37.8 Å². The Balaban J connectivity index is 1.46. The first-order chi connectivity index (χ1) is 13.7. The van der Waals surface area contributed by atoms with Crippen molar-refractivity contribution < 1.29 is 4.74 Å². The smallest absolute Gasteiger partial charge is 0.137 e. The average Bonchev–Trinajstić information content (AvgIpc) is 2.75. The molecule has 2 aromatic rings. The van der Waals surface area contributed by atoms with E-state index < -0.39 is 0 Å². The van der Waals surface area contributed by atoms with Crippen LogP contribution in [0.1, 0.15) is 31.2 Å². The van der Waals surface area contributed by atoms with Crippen LogP contribution in [-0.2, 0) is 4.74 Å². The molecule has 1 aromatic carbocycles. The number of nitrogens with one attached hydrogen (secondary N) is 2. The van der Waals surface area contributed by atoms with Gasteiger partial charge in [-0.05, 0) is 50.1 Å². The maximum absolute atomic E-state index is 8.11. The number of morpholine rings is 1. The third-order valence-electron chi connectivity index (χ3n) is 5.81. The van der Waals surface area contributed by atoms with E-state index in [1.165, 1.54) is 19.0 Å². The topological polar surface area (TPSA) is 100 Å². The summed E-state index contributed by atoms with van der Waals surface area (Å²) < 4.78 is 5.48. The van der Waals surface area contributed by atoms with Gasteiger partial charge < -0.3 is 21.2 Å². The SMILES string of the molecule is N=C(/C=C\N)c1ccc2ncnc(NC3CCC(N4CCOCC4)CC3)c2c1. The van der Waals surface area contributed by atoms with Crippen LogP contribution in [0.5, 0.6) is 0 Å². The Hall–Kier alpha value is -2.51. The Labute approximate surface area is 165 Å². The fourth-order valence-corrected chi connectivity index (χ4v) is 4.25.